The summed E-state index contributed by atoms with van der Waals surface area (Å²) in [6.45, 7) is 8.35. The summed E-state index contributed by atoms with van der Waals surface area (Å²) in [6.07, 6.45) is 9.70. The molecule has 288 valence electrons. The molecule has 2 amide bonds. The third-order valence-corrected chi connectivity index (χ3v) is 13.5. The van der Waals surface area contributed by atoms with Crippen molar-refractivity contribution in [3.63, 3.8) is 0 Å². The van der Waals surface area contributed by atoms with Crippen LogP contribution in [0.1, 0.15) is 115 Å². The van der Waals surface area contributed by atoms with Gasteiger partial charge in [-0.15, -0.1) is 0 Å². The van der Waals surface area contributed by atoms with Crippen molar-refractivity contribution in [3.8, 4) is 17.0 Å². The minimum atomic E-state index is -3.84. The largest absolute Gasteiger partial charge is 0.497 e. The lowest BCUT2D eigenvalue weighted by Crippen LogP contribution is -2.44. The summed E-state index contributed by atoms with van der Waals surface area (Å²) in [7, 11) is 3.83. The van der Waals surface area contributed by atoms with E-state index in [4.69, 9.17) is 9.84 Å². The molecule has 54 heavy (non-hydrogen) atoms. The van der Waals surface area contributed by atoms with Crippen LogP contribution in [-0.2, 0) is 23.6 Å². The van der Waals surface area contributed by atoms with Crippen molar-refractivity contribution in [3.05, 3.63) is 70.0 Å². The van der Waals surface area contributed by atoms with Crippen molar-refractivity contribution in [1.29, 1.82) is 0 Å². The third-order valence-electron chi connectivity index (χ3n) is 11.7. The highest BCUT2D eigenvalue weighted by Gasteiger charge is 2.39. The molecule has 2 unspecified atom stereocenters. The fraction of sp³-hybridized carbons (Fsp3) is 0.500. The normalized spacial score (nSPS) is 19.2. The lowest BCUT2D eigenvalue weighted by molar-refractivity contribution is 0.0655. The molecule has 2 aromatic carbocycles. The fourth-order valence-corrected chi connectivity index (χ4v) is 9.69. The van der Waals surface area contributed by atoms with Crippen LogP contribution in [0.5, 0.6) is 5.75 Å². The average molecular weight is 755 g/mol. The van der Waals surface area contributed by atoms with E-state index >= 15 is 0 Å². The minimum Gasteiger partial charge on any atom is -0.497 e. The lowest BCUT2D eigenvalue weighted by atomic mass is 9.81. The van der Waals surface area contributed by atoms with Gasteiger partial charge in [-0.2, -0.15) is 5.10 Å². The zero-order valence-corrected chi connectivity index (χ0v) is 33.7. The Bertz CT molecular complexity index is 2260. The molecule has 11 nitrogen and oxygen atoms in total. The second-order valence-electron chi connectivity index (χ2n) is 16.1. The standard InChI is InChI=1S/C42H54N6O5S/c1-25(2)54(51,52)44-41(49)29-15-18-35-36(22-29)47-23-31(20-30-21-33(53-8)17-19-34(30)40(47)38(35)28-12-10-9-11-13-28)39-37(27(4)43-46(39)7)42(50)48-26(3)14-16-32(48)24-45(5)6/h15,17-22,25-26,28,32H,9-14,16,23-24H2,1-8H3,(H,44,49). The van der Waals surface area contributed by atoms with Crippen LogP contribution in [0.4, 0.5) is 0 Å². The molecule has 2 fully saturated rings. The van der Waals surface area contributed by atoms with Gasteiger partial charge in [-0.1, -0.05) is 25.3 Å². The monoisotopic (exact) mass is 754 g/mol. The summed E-state index contributed by atoms with van der Waals surface area (Å²) in [5.41, 5.74) is 8.44. The van der Waals surface area contributed by atoms with Gasteiger partial charge in [-0.05, 0) is 126 Å². The number of benzene rings is 2. The highest BCUT2D eigenvalue weighted by Crippen LogP contribution is 2.48. The summed E-state index contributed by atoms with van der Waals surface area (Å²) in [5, 5.41) is 5.17. The molecule has 7 rings (SSSR count). The molecule has 2 atom stereocenters. The van der Waals surface area contributed by atoms with Gasteiger partial charge in [-0.3, -0.25) is 14.3 Å². The number of carbonyl (C=O) groups excluding carboxylic acids is 2. The number of ether oxygens (including phenoxy) is 1. The molecule has 4 aromatic rings. The van der Waals surface area contributed by atoms with Crippen LogP contribution in [0, 0.1) is 6.92 Å². The van der Waals surface area contributed by atoms with Crippen molar-refractivity contribution in [2.24, 2.45) is 7.05 Å². The summed E-state index contributed by atoms with van der Waals surface area (Å²) < 4.78 is 37.7. The summed E-state index contributed by atoms with van der Waals surface area (Å²) in [6, 6.07) is 11.9. The Hall–Kier alpha value is -4.42. The number of rotatable bonds is 9. The van der Waals surface area contributed by atoms with E-state index in [0.29, 0.717) is 23.7 Å². The summed E-state index contributed by atoms with van der Waals surface area (Å²) in [4.78, 5) is 32.6. The molecule has 2 aromatic heterocycles. The Balaban J connectivity index is 1.45. The van der Waals surface area contributed by atoms with E-state index in [1.807, 2.05) is 50.9 Å². The van der Waals surface area contributed by atoms with Crippen molar-refractivity contribution < 1.29 is 22.7 Å². The Morgan fingerprint density at radius 2 is 1.76 bits per heavy atom. The number of allylic oxidation sites excluding steroid dienone is 1. The van der Waals surface area contributed by atoms with Gasteiger partial charge in [0.05, 0.1) is 41.5 Å². The van der Waals surface area contributed by atoms with Crippen LogP contribution in [0.2, 0.25) is 0 Å². The summed E-state index contributed by atoms with van der Waals surface area (Å²) in [5.74, 6) is 0.385. The van der Waals surface area contributed by atoms with E-state index in [0.717, 1.165) is 89.8 Å². The first-order valence-corrected chi connectivity index (χ1v) is 20.9. The van der Waals surface area contributed by atoms with Crippen LogP contribution < -0.4 is 9.46 Å². The molecule has 0 spiro atoms. The number of carbonyl (C=O) groups is 2. The van der Waals surface area contributed by atoms with Crippen molar-refractivity contribution in [1.82, 2.24) is 28.9 Å². The van der Waals surface area contributed by atoms with Gasteiger partial charge in [0.2, 0.25) is 10.0 Å². The number of hydrogen-bond acceptors (Lipinski definition) is 7. The molecule has 2 aliphatic heterocycles. The molecule has 1 aliphatic carbocycles. The number of nitrogens with zero attached hydrogens (tertiary/aromatic N) is 5. The minimum absolute atomic E-state index is 0.00531. The van der Waals surface area contributed by atoms with Gasteiger partial charge >= 0.3 is 0 Å². The van der Waals surface area contributed by atoms with E-state index in [9.17, 15) is 18.0 Å². The van der Waals surface area contributed by atoms with Gasteiger partial charge in [0.15, 0.2) is 0 Å². The molecule has 4 heterocycles. The maximum absolute atomic E-state index is 14.8. The summed E-state index contributed by atoms with van der Waals surface area (Å²) >= 11 is 0. The second-order valence-corrected chi connectivity index (χ2v) is 18.3. The average Bonchev–Trinajstić information content (AvgIpc) is 3.71. The molecule has 0 radical (unpaired) electrons. The molecule has 1 saturated heterocycles. The molecule has 3 aliphatic rings. The highest BCUT2D eigenvalue weighted by atomic mass is 32.2. The van der Waals surface area contributed by atoms with Crippen LogP contribution in [-0.4, -0.2) is 89.5 Å². The van der Waals surface area contributed by atoms with E-state index in [1.54, 1.807) is 27.0 Å². The third kappa shape index (κ3) is 6.76. The number of aromatic nitrogens is 3. The number of fused-ring (bicyclic) bond motifs is 5. The Morgan fingerprint density at radius 1 is 1.02 bits per heavy atom. The van der Waals surface area contributed by atoms with Crippen LogP contribution in [0.25, 0.3) is 33.8 Å². The fourth-order valence-electron chi connectivity index (χ4n) is 9.08. The van der Waals surface area contributed by atoms with Crippen molar-refractivity contribution in [2.75, 3.05) is 27.7 Å². The SMILES string of the molecule is COc1ccc2c(c1)C=C(c1c(C(=O)N3C(C)CCC3CN(C)C)c(C)nn1C)Cn1c-2c(C2CCCCC2)c2ccc(C(=O)NS(=O)(=O)C(C)C)cc21. The zero-order chi connectivity index (χ0) is 38.6. The van der Waals surface area contributed by atoms with Crippen LogP contribution in [0.3, 0.4) is 0 Å². The highest BCUT2D eigenvalue weighted by molar-refractivity contribution is 7.90. The van der Waals surface area contributed by atoms with Crippen molar-refractivity contribution >= 4 is 44.4 Å². The van der Waals surface area contributed by atoms with Gasteiger partial charge in [0, 0.05) is 47.7 Å². The maximum atomic E-state index is 14.8. The number of likely N-dealkylation sites (N-methyl/N-ethyl adjacent to an activating group) is 1. The number of hydrogen-bond donors (Lipinski definition) is 1. The zero-order valence-electron chi connectivity index (χ0n) is 32.9. The molecular weight excluding hydrogens is 701 g/mol. The number of likely N-dealkylation sites (tertiary alicyclic amines) is 1. The second kappa shape index (κ2) is 14.7. The first kappa shape index (κ1) is 37.9. The van der Waals surface area contributed by atoms with Gasteiger partial charge in [0.25, 0.3) is 11.8 Å². The maximum Gasteiger partial charge on any atom is 0.264 e. The van der Waals surface area contributed by atoms with Crippen LogP contribution in [0.15, 0.2) is 36.4 Å². The molecule has 0 bridgehead atoms. The van der Waals surface area contributed by atoms with Crippen LogP contribution >= 0.6 is 0 Å². The lowest BCUT2D eigenvalue weighted by Gasteiger charge is -2.31. The van der Waals surface area contributed by atoms with Gasteiger partial charge < -0.3 is 19.1 Å². The number of aryl methyl sites for hydroxylation is 2. The predicted molar refractivity (Wildman–Crippen MR) is 214 cm³/mol. The van der Waals surface area contributed by atoms with Gasteiger partial charge in [0.1, 0.15) is 5.75 Å². The first-order chi connectivity index (χ1) is 25.7. The molecule has 1 saturated carbocycles. The van der Waals surface area contributed by atoms with E-state index < -0.39 is 21.2 Å². The number of amides is 2. The van der Waals surface area contributed by atoms with Crippen molar-refractivity contribution in [2.45, 2.75) is 102 Å². The molecule has 1 N–H and O–H groups in total. The number of sulfonamides is 1. The topological polar surface area (TPSA) is 119 Å². The Kier molecular flexibility index (Phi) is 10.3. The molecule has 12 heteroatoms. The quantitative estimate of drug-likeness (QED) is 0.196. The van der Waals surface area contributed by atoms with Gasteiger partial charge in [-0.25, -0.2) is 13.1 Å². The van der Waals surface area contributed by atoms with E-state index in [2.05, 4.69) is 44.2 Å². The molecular formula is C42H54N6O5S. The predicted octanol–water partition coefficient (Wildman–Crippen LogP) is 6.98. The Morgan fingerprint density at radius 3 is 2.44 bits per heavy atom. The number of nitrogens with one attached hydrogen (secondary N) is 1. The Labute approximate surface area is 319 Å². The van der Waals surface area contributed by atoms with E-state index in [-0.39, 0.29) is 23.6 Å². The first-order valence-electron chi connectivity index (χ1n) is 19.3. The number of methoxy groups -OCH3 is 1. The smallest absolute Gasteiger partial charge is 0.264 e. The van der Waals surface area contributed by atoms with E-state index in [1.165, 1.54) is 12.0 Å².